The van der Waals surface area contributed by atoms with Crippen molar-refractivity contribution in [3.05, 3.63) is 30.1 Å². The van der Waals surface area contributed by atoms with Crippen molar-refractivity contribution in [1.29, 1.82) is 0 Å². The number of amides is 1. The van der Waals surface area contributed by atoms with E-state index in [0.717, 1.165) is 37.9 Å². The van der Waals surface area contributed by atoms with E-state index in [2.05, 4.69) is 66.8 Å². The molecular weight excluding hydrogens is 493 g/mol. The van der Waals surface area contributed by atoms with Crippen LogP contribution in [0.4, 0.5) is 19.0 Å². The molecule has 210 valence electrons. The summed E-state index contributed by atoms with van der Waals surface area (Å²) in [5.41, 5.74) is -0.360. The van der Waals surface area contributed by atoms with Gasteiger partial charge in [0.15, 0.2) is 0 Å². The highest BCUT2D eigenvalue weighted by Gasteiger charge is 2.44. The molecule has 2 aromatic rings. The Labute approximate surface area is 223 Å². The number of carbonyl (C=O) groups excluding carboxylic acids is 1. The number of halogens is 3. The van der Waals surface area contributed by atoms with Crippen LogP contribution in [0.25, 0.3) is 10.9 Å². The van der Waals surface area contributed by atoms with Crippen molar-refractivity contribution in [2.24, 2.45) is 0 Å². The number of aromatic nitrogens is 2. The number of benzene rings is 1. The number of hydrogen-bond donors (Lipinski definition) is 1. The van der Waals surface area contributed by atoms with Gasteiger partial charge in [0.25, 0.3) is 0 Å². The SMILES string of the molecule is CCN(C(C)C)[C@@H]1CC[C@H](N2CC[C@H](Nc3ncnc4ccc(C(F)(F)F)cc34)C2=O)[C@H](N(C)C(C)C)C1. The van der Waals surface area contributed by atoms with E-state index in [-0.39, 0.29) is 29.2 Å². The Kier molecular flexibility index (Phi) is 8.52. The van der Waals surface area contributed by atoms with E-state index in [9.17, 15) is 18.0 Å². The molecular formula is C28H41F3N6O. The zero-order valence-corrected chi connectivity index (χ0v) is 23.3. The molecule has 1 saturated heterocycles. The van der Waals surface area contributed by atoms with Gasteiger partial charge in [0.05, 0.1) is 11.1 Å². The van der Waals surface area contributed by atoms with Gasteiger partial charge in [0.1, 0.15) is 18.2 Å². The number of likely N-dealkylation sites (tertiary alicyclic amines) is 1. The van der Waals surface area contributed by atoms with Crippen LogP contribution in [-0.2, 0) is 11.0 Å². The molecule has 1 amide bonds. The maximum atomic E-state index is 13.7. The maximum Gasteiger partial charge on any atom is 0.416 e. The summed E-state index contributed by atoms with van der Waals surface area (Å²) in [5, 5.41) is 3.43. The summed E-state index contributed by atoms with van der Waals surface area (Å²) < 4.78 is 40.0. The molecule has 4 rings (SSSR count). The van der Waals surface area contributed by atoms with Crippen LogP contribution >= 0.6 is 0 Å². The van der Waals surface area contributed by atoms with E-state index in [1.807, 2.05) is 4.90 Å². The fourth-order valence-electron chi connectivity index (χ4n) is 6.32. The first kappa shape index (κ1) is 28.5. The largest absolute Gasteiger partial charge is 0.416 e. The van der Waals surface area contributed by atoms with Gasteiger partial charge < -0.3 is 10.2 Å². The highest BCUT2D eigenvalue weighted by Crippen LogP contribution is 2.35. The van der Waals surface area contributed by atoms with Gasteiger partial charge in [0.2, 0.25) is 5.91 Å². The number of likely N-dealkylation sites (N-methyl/N-ethyl adjacent to an activating group) is 1. The highest BCUT2D eigenvalue weighted by molar-refractivity contribution is 5.93. The molecule has 1 aliphatic carbocycles. The Morgan fingerprint density at radius 1 is 1.11 bits per heavy atom. The van der Waals surface area contributed by atoms with Gasteiger partial charge in [-0.1, -0.05) is 6.92 Å². The Morgan fingerprint density at radius 2 is 1.84 bits per heavy atom. The number of alkyl halides is 3. The van der Waals surface area contributed by atoms with Crippen molar-refractivity contribution < 1.29 is 18.0 Å². The molecule has 1 N–H and O–H groups in total. The fourth-order valence-corrected chi connectivity index (χ4v) is 6.32. The lowest BCUT2D eigenvalue weighted by molar-refractivity contribution is -0.137. The second-order valence-electron chi connectivity index (χ2n) is 11.3. The van der Waals surface area contributed by atoms with Crippen LogP contribution in [0.5, 0.6) is 0 Å². The standard InChI is InChI=1S/C28H41F3N6O/c1-7-36(18(4)5)20-9-11-24(25(15-20)35(6)17(2)3)37-13-12-23(27(37)38)34-26-21-14-19(28(29,30)31)8-10-22(21)32-16-33-26/h8,10,14,16-18,20,23-25H,7,9,11-13,15H2,1-6H3,(H,32,33,34)/t20-,23+,24+,25-/m1/s1. The summed E-state index contributed by atoms with van der Waals surface area (Å²) in [6.45, 7) is 12.7. The third-order valence-electron chi connectivity index (χ3n) is 8.50. The van der Waals surface area contributed by atoms with Gasteiger partial charge in [0, 0.05) is 42.1 Å². The second-order valence-corrected chi connectivity index (χ2v) is 11.3. The van der Waals surface area contributed by atoms with Gasteiger partial charge in [-0.05, 0) is 85.2 Å². The third kappa shape index (κ3) is 5.76. The van der Waals surface area contributed by atoms with E-state index in [1.165, 1.54) is 12.4 Å². The fraction of sp³-hybridized carbons (Fsp3) is 0.679. The first-order valence-electron chi connectivity index (χ1n) is 13.8. The van der Waals surface area contributed by atoms with Crippen LogP contribution in [0.1, 0.15) is 65.9 Å². The van der Waals surface area contributed by atoms with E-state index in [1.54, 1.807) is 0 Å². The molecule has 0 bridgehead atoms. The van der Waals surface area contributed by atoms with Crippen LogP contribution in [-0.4, -0.2) is 87.0 Å². The van der Waals surface area contributed by atoms with Crippen molar-refractivity contribution in [2.45, 2.75) is 103 Å². The quantitative estimate of drug-likeness (QED) is 0.513. The average Bonchev–Trinajstić information content (AvgIpc) is 3.22. The topological polar surface area (TPSA) is 64.6 Å². The summed E-state index contributed by atoms with van der Waals surface area (Å²) in [6.07, 6.45) is 0.397. The number of hydrogen-bond acceptors (Lipinski definition) is 6. The highest BCUT2D eigenvalue weighted by atomic mass is 19.4. The van der Waals surface area contributed by atoms with Crippen molar-refractivity contribution in [2.75, 3.05) is 25.5 Å². The average molecular weight is 535 g/mol. The minimum atomic E-state index is -4.47. The summed E-state index contributed by atoms with van der Waals surface area (Å²) in [7, 11) is 2.15. The molecule has 7 nitrogen and oxygen atoms in total. The minimum absolute atomic E-state index is 0.00875. The van der Waals surface area contributed by atoms with Crippen LogP contribution < -0.4 is 5.32 Å². The van der Waals surface area contributed by atoms with Gasteiger partial charge >= 0.3 is 6.18 Å². The molecule has 0 unspecified atom stereocenters. The summed E-state index contributed by atoms with van der Waals surface area (Å²) in [6, 6.07) is 4.50. The molecule has 4 atom stereocenters. The number of nitrogens with zero attached hydrogens (tertiary/aromatic N) is 5. The van der Waals surface area contributed by atoms with Crippen molar-refractivity contribution in [3.8, 4) is 0 Å². The molecule has 38 heavy (non-hydrogen) atoms. The number of anilines is 1. The molecule has 1 aliphatic heterocycles. The predicted octanol–water partition coefficient (Wildman–Crippen LogP) is 5.02. The summed E-state index contributed by atoms with van der Waals surface area (Å²) >= 11 is 0. The first-order valence-corrected chi connectivity index (χ1v) is 13.8. The molecule has 1 saturated carbocycles. The molecule has 0 spiro atoms. The Morgan fingerprint density at radius 3 is 2.47 bits per heavy atom. The van der Waals surface area contributed by atoms with Gasteiger partial charge in [-0.3, -0.25) is 14.6 Å². The molecule has 0 radical (unpaired) electrons. The maximum absolute atomic E-state index is 13.7. The zero-order valence-electron chi connectivity index (χ0n) is 23.3. The van der Waals surface area contributed by atoms with Crippen LogP contribution in [0.15, 0.2) is 24.5 Å². The van der Waals surface area contributed by atoms with E-state index in [4.69, 9.17) is 0 Å². The Bertz CT molecular complexity index is 1120. The molecule has 2 heterocycles. The van der Waals surface area contributed by atoms with E-state index in [0.29, 0.717) is 36.6 Å². The Balaban J connectivity index is 1.55. The van der Waals surface area contributed by atoms with Gasteiger partial charge in [-0.15, -0.1) is 0 Å². The van der Waals surface area contributed by atoms with Gasteiger partial charge in [-0.25, -0.2) is 9.97 Å². The number of rotatable bonds is 8. The molecule has 2 aliphatic rings. The molecule has 1 aromatic heterocycles. The van der Waals surface area contributed by atoms with E-state index >= 15 is 0 Å². The van der Waals surface area contributed by atoms with Gasteiger partial charge in [-0.2, -0.15) is 13.2 Å². The van der Waals surface area contributed by atoms with Crippen molar-refractivity contribution in [1.82, 2.24) is 24.7 Å². The lowest BCUT2D eigenvalue weighted by atomic mass is 9.83. The van der Waals surface area contributed by atoms with Crippen LogP contribution in [0.2, 0.25) is 0 Å². The molecule has 10 heteroatoms. The normalized spacial score (nSPS) is 25.0. The number of nitrogens with one attached hydrogen (secondary N) is 1. The first-order chi connectivity index (χ1) is 17.9. The summed E-state index contributed by atoms with van der Waals surface area (Å²) in [5.74, 6) is 0.252. The second kappa shape index (κ2) is 11.3. The lowest BCUT2D eigenvalue weighted by Crippen LogP contribution is -2.59. The third-order valence-corrected chi connectivity index (χ3v) is 8.50. The molecule has 1 aromatic carbocycles. The van der Waals surface area contributed by atoms with Crippen LogP contribution in [0.3, 0.4) is 0 Å². The number of carbonyl (C=O) groups is 1. The monoisotopic (exact) mass is 534 g/mol. The van der Waals surface area contributed by atoms with Crippen molar-refractivity contribution in [3.63, 3.8) is 0 Å². The number of fused-ring (bicyclic) bond motifs is 1. The van der Waals surface area contributed by atoms with Crippen molar-refractivity contribution >= 4 is 22.6 Å². The van der Waals surface area contributed by atoms with E-state index < -0.39 is 17.8 Å². The van der Waals surface area contributed by atoms with Crippen LogP contribution in [0, 0.1) is 0 Å². The predicted molar refractivity (Wildman–Crippen MR) is 144 cm³/mol. The summed E-state index contributed by atoms with van der Waals surface area (Å²) in [4.78, 5) is 29.0. The Hall–Kier alpha value is -2.46. The minimum Gasteiger partial charge on any atom is -0.358 e. The zero-order chi connectivity index (χ0) is 27.8. The lowest BCUT2D eigenvalue weighted by Gasteiger charge is -2.49. The smallest absolute Gasteiger partial charge is 0.358 e. The molecule has 2 fully saturated rings.